The maximum absolute atomic E-state index is 13.5. The summed E-state index contributed by atoms with van der Waals surface area (Å²) in [5, 5.41) is 5.96. The Labute approximate surface area is 126 Å². The van der Waals surface area contributed by atoms with Crippen LogP contribution >= 0.6 is 0 Å². The third-order valence-corrected chi connectivity index (χ3v) is 2.88. The predicted octanol–water partition coefficient (Wildman–Crippen LogP) is 3.22. The summed E-state index contributed by atoms with van der Waals surface area (Å²) in [6.07, 6.45) is 0.339. The number of benzene rings is 1. The lowest BCUT2D eigenvalue weighted by Crippen LogP contribution is -2.43. The molecule has 118 valence electrons. The van der Waals surface area contributed by atoms with Crippen molar-refractivity contribution in [3.05, 3.63) is 35.6 Å². The first-order valence-corrected chi connectivity index (χ1v) is 7.25. The van der Waals surface area contributed by atoms with E-state index >= 15 is 0 Å². The number of carbonyl (C=O) groups is 1. The molecule has 0 saturated carbocycles. The monoisotopic (exact) mass is 296 g/mol. The highest BCUT2D eigenvalue weighted by Crippen LogP contribution is 2.08. The first-order valence-electron chi connectivity index (χ1n) is 7.25. The lowest BCUT2D eigenvalue weighted by Gasteiger charge is -2.23. The number of carbonyl (C=O) groups excluding carboxylic acids is 1. The van der Waals surface area contributed by atoms with Crippen LogP contribution in [0.3, 0.4) is 0 Å². The zero-order valence-corrected chi connectivity index (χ0v) is 13.2. The summed E-state index contributed by atoms with van der Waals surface area (Å²) >= 11 is 0. The Morgan fingerprint density at radius 2 is 2.00 bits per heavy atom. The van der Waals surface area contributed by atoms with Gasteiger partial charge in [0.05, 0.1) is 0 Å². The van der Waals surface area contributed by atoms with Crippen molar-refractivity contribution in [3.63, 3.8) is 0 Å². The summed E-state index contributed by atoms with van der Waals surface area (Å²) in [5.74, 6) is -0.224. The SMILES string of the molecule is CCC(CNCc1ccccc1F)NC(=O)OC(C)(C)C. The highest BCUT2D eigenvalue weighted by Gasteiger charge is 2.18. The van der Waals surface area contributed by atoms with Gasteiger partial charge in [0.25, 0.3) is 0 Å². The Hall–Kier alpha value is -1.62. The Morgan fingerprint density at radius 3 is 2.57 bits per heavy atom. The Balaban J connectivity index is 2.38. The topological polar surface area (TPSA) is 50.4 Å². The second-order valence-corrected chi connectivity index (χ2v) is 5.97. The van der Waals surface area contributed by atoms with E-state index in [1.807, 2.05) is 27.7 Å². The maximum Gasteiger partial charge on any atom is 0.407 e. The second-order valence-electron chi connectivity index (χ2n) is 5.97. The Bertz CT molecular complexity index is 458. The number of rotatable bonds is 6. The molecule has 0 aromatic heterocycles. The van der Waals surface area contributed by atoms with Gasteiger partial charge >= 0.3 is 6.09 Å². The van der Waals surface area contributed by atoms with Gasteiger partial charge in [0, 0.05) is 24.7 Å². The number of nitrogens with one attached hydrogen (secondary N) is 2. The van der Waals surface area contributed by atoms with E-state index in [0.717, 1.165) is 6.42 Å². The van der Waals surface area contributed by atoms with Crippen LogP contribution in [-0.2, 0) is 11.3 Å². The number of ether oxygens (including phenoxy) is 1. The summed E-state index contributed by atoms with van der Waals surface area (Å²) in [5.41, 5.74) is 0.104. The highest BCUT2D eigenvalue weighted by molar-refractivity contribution is 5.68. The van der Waals surface area contributed by atoms with Crippen LogP contribution in [0.25, 0.3) is 0 Å². The minimum atomic E-state index is -0.511. The minimum Gasteiger partial charge on any atom is -0.444 e. The molecule has 1 aromatic carbocycles. The molecule has 21 heavy (non-hydrogen) atoms. The molecule has 0 saturated heterocycles. The molecule has 0 radical (unpaired) electrons. The zero-order chi connectivity index (χ0) is 15.9. The van der Waals surface area contributed by atoms with Crippen molar-refractivity contribution >= 4 is 6.09 Å². The van der Waals surface area contributed by atoms with Crippen molar-refractivity contribution in [1.82, 2.24) is 10.6 Å². The Kier molecular flexibility index (Phi) is 6.62. The fourth-order valence-electron chi connectivity index (χ4n) is 1.79. The first-order chi connectivity index (χ1) is 9.81. The van der Waals surface area contributed by atoms with Crippen molar-refractivity contribution in [2.75, 3.05) is 6.54 Å². The average Bonchev–Trinajstić information content (AvgIpc) is 2.37. The largest absolute Gasteiger partial charge is 0.444 e. The zero-order valence-electron chi connectivity index (χ0n) is 13.2. The van der Waals surface area contributed by atoms with Crippen LogP contribution in [0.5, 0.6) is 0 Å². The van der Waals surface area contributed by atoms with E-state index in [4.69, 9.17) is 4.74 Å². The number of hydrogen-bond donors (Lipinski definition) is 2. The molecule has 5 heteroatoms. The molecule has 1 unspecified atom stereocenters. The Morgan fingerprint density at radius 1 is 1.33 bits per heavy atom. The second kappa shape index (κ2) is 7.98. The van der Waals surface area contributed by atoms with Crippen molar-refractivity contribution < 1.29 is 13.9 Å². The van der Waals surface area contributed by atoms with Gasteiger partial charge in [0.2, 0.25) is 0 Å². The lowest BCUT2D eigenvalue weighted by molar-refractivity contribution is 0.0502. The first kappa shape index (κ1) is 17.4. The van der Waals surface area contributed by atoms with E-state index in [9.17, 15) is 9.18 Å². The maximum atomic E-state index is 13.5. The predicted molar refractivity (Wildman–Crippen MR) is 81.6 cm³/mol. The molecule has 1 atom stereocenters. The van der Waals surface area contributed by atoms with E-state index < -0.39 is 11.7 Å². The number of alkyl carbamates (subject to hydrolysis) is 1. The van der Waals surface area contributed by atoms with Crippen LogP contribution < -0.4 is 10.6 Å². The standard InChI is InChI=1S/C16H25FN2O2/c1-5-13(19-15(20)21-16(2,3)4)11-18-10-12-8-6-7-9-14(12)17/h6-9,13,18H,5,10-11H2,1-4H3,(H,19,20). The van der Waals surface area contributed by atoms with Crippen LogP contribution in [0.15, 0.2) is 24.3 Å². The molecule has 4 nitrogen and oxygen atoms in total. The lowest BCUT2D eigenvalue weighted by atomic mass is 10.2. The van der Waals surface area contributed by atoms with Gasteiger partial charge in [0.1, 0.15) is 11.4 Å². The van der Waals surface area contributed by atoms with Gasteiger partial charge in [-0.2, -0.15) is 0 Å². The van der Waals surface area contributed by atoms with E-state index in [1.54, 1.807) is 18.2 Å². The molecule has 1 aromatic rings. The number of hydrogen-bond acceptors (Lipinski definition) is 3. The van der Waals surface area contributed by atoms with Gasteiger partial charge in [0.15, 0.2) is 0 Å². The van der Waals surface area contributed by atoms with Gasteiger partial charge in [-0.25, -0.2) is 9.18 Å². The highest BCUT2D eigenvalue weighted by atomic mass is 19.1. The average molecular weight is 296 g/mol. The van der Waals surface area contributed by atoms with E-state index in [-0.39, 0.29) is 11.9 Å². The molecule has 1 rings (SSSR count). The number of amides is 1. The smallest absolute Gasteiger partial charge is 0.407 e. The normalized spacial score (nSPS) is 12.8. The van der Waals surface area contributed by atoms with E-state index in [2.05, 4.69) is 10.6 Å². The molecule has 0 fully saturated rings. The third kappa shape index (κ3) is 7.09. The number of halogens is 1. The van der Waals surface area contributed by atoms with Gasteiger partial charge in [-0.05, 0) is 33.3 Å². The van der Waals surface area contributed by atoms with Gasteiger partial charge in [-0.15, -0.1) is 0 Å². The van der Waals surface area contributed by atoms with Crippen LogP contribution in [0, 0.1) is 5.82 Å². The van der Waals surface area contributed by atoms with Crippen molar-refractivity contribution in [3.8, 4) is 0 Å². The molecule has 0 aliphatic rings. The third-order valence-electron chi connectivity index (χ3n) is 2.88. The summed E-state index contributed by atoms with van der Waals surface area (Å²) in [4.78, 5) is 11.7. The van der Waals surface area contributed by atoms with Crippen molar-refractivity contribution in [2.45, 2.75) is 52.3 Å². The quantitative estimate of drug-likeness (QED) is 0.847. The molecule has 2 N–H and O–H groups in total. The summed E-state index contributed by atoms with van der Waals surface area (Å²) in [6.45, 7) is 8.44. The fraction of sp³-hybridized carbons (Fsp3) is 0.562. The molecule has 1 amide bonds. The molecule has 0 bridgehead atoms. The summed E-state index contributed by atoms with van der Waals surface area (Å²) in [6, 6.07) is 6.60. The summed E-state index contributed by atoms with van der Waals surface area (Å²) in [7, 11) is 0. The van der Waals surface area contributed by atoms with E-state index in [1.165, 1.54) is 6.07 Å². The van der Waals surface area contributed by atoms with Gasteiger partial charge < -0.3 is 15.4 Å². The molecule has 0 aliphatic heterocycles. The molecular weight excluding hydrogens is 271 g/mol. The van der Waals surface area contributed by atoms with Gasteiger partial charge in [-0.3, -0.25) is 0 Å². The fourth-order valence-corrected chi connectivity index (χ4v) is 1.79. The summed E-state index contributed by atoms with van der Waals surface area (Å²) < 4.78 is 18.7. The minimum absolute atomic E-state index is 0.0494. The van der Waals surface area contributed by atoms with Crippen molar-refractivity contribution in [1.29, 1.82) is 0 Å². The van der Waals surface area contributed by atoms with Crippen molar-refractivity contribution in [2.24, 2.45) is 0 Å². The van der Waals surface area contributed by atoms with Crippen LogP contribution in [0.4, 0.5) is 9.18 Å². The molecule has 0 heterocycles. The van der Waals surface area contributed by atoms with Crippen LogP contribution in [0.1, 0.15) is 39.7 Å². The van der Waals surface area contributed by atoms with Crippen LogP contribution in [-0.4, -0.2) is 24.3 Å². The molecular formula is C16H25FN2O2. The van der Waals surface area contributed by atoms with Crippen LogP contribution in [0.2, 0.25) is 0 Å². The molecule has 0 spiro atoms. The van der Waals surface area contributed by atoms with E-state index in [0.29, 0.717) is 18.7 Å². The van der Waals surface area contributed by atoms with Gasteiger partial charge in [-0.1, -0.05) is 25.1 Å². The molecule has 0 aliphatic carbocycles.